The monoisotopic (exact) mass is 326 g/mol. The van der Waals surface area contributed by atoms with Gasteiger partial charge in [0.2, 0.25) is 0 Å². The summed E-state index contributed by atoms with van der Waals surface area (Å²) in [4.78, 5) is 14.4. The quantitative estimate of drug-likeness (QED) is 0.887. The van der Waals surface area contributed by atoms with Crippen LogP contribution in [0.25, 0.3) is 0 Å². The third-order valence-corrected chi connectivity index (χ3v) is 4.95. The van der Waals surface area contributed by atoms with Gasteiger partial charge < -0.3 is 10.2 Å². The zero-order valence-corrected chi connectivity index (χ0v) is 12.7. The number of nitrogens with zero attached hydrogens (tertiary/aromatic N) is 3. The third kappa shape index (κ3) is 2.31. The van der Waals surface area contributed by atoms with Gasteiger partial charge in [-0.05, 0) is 48.2 Å². The molecule has 6 heteroatoms. The van der Waals surface area contributed by atoms with Crippen LogP contribution in [0.2, 0.25) is 0 Å². The predicted molar refractivity (Wildman–Crippen MR) is 78.6 cm³/mol. The van der Waals surface area contributed by atoms with E-state index in [-0.39, 0.29) is 5.56 Å². The SMILES string of the molecule is CCn1ncc(N2C[C@@H]3CCCN[C@@H]3C2)c(Br)c1=O. The van der Waals surface area contributed by atoms with Crippen molar-refractivity contribution in [2.24, 2.45) is 5.92 Å². The number of aryl methyl sites for hydroxylation is 1. The molecular formula is C13H19BrN4O. The molecular weight excluding hydrogens is 308 g/mol. The van der Waals surface area contributed by atoms with Gasteiger partial charge in [0.05, 0.1) is 11.9 Å². The highest BCUT2D eigenvalue weighted by Gasteiger charge is 2.35. The van der Waals surface area contributed by atoms with Gasteiger partial charge in [-0.3, -0.25) is 4.79 Å². The Labute approximate surface area is 121 Å². The highest BCUT2D eigenvalue weighted by Crippen LogP contribution is 2.31. The van der Waals surface area contributed by atoms with Crippen LogP contribution in [-0.2, 0) is 6.54 Å². The molecule has 2 atom stereocenters. The molecule has 1 aromatic heterocycles. The minimum Gasteiger partial charge on any atom is -0.367 e. The molecule has 2 aliphatic heterocycles. The van der Waals surface area contributed by atoms with E-state index in [1.54, 1.807) is 0 Å². The van der Waals surface area contributed by atoms with Crippen LogP contribution < -0.4 is 15.8 Å². The van der Waals surface area contributed by atoms with E-state index in [1.807, 2.05) is 13.1 Å². The fourth-order valence-corrected chi connectivity index (χ4v) is 3.70. The fourth-order valence-electron chi connectivity index (χ4n) is 3.15. The van der Waals surface area contributed by atoms with E-state index in [0.29, 0.717) is 23.0 Å². The van der Waals surface area contributed by atoms with Crippen molar-refractivity contribution < 1.29 is 0 Å². The summed E-state index contributed by atoms with van der Waals surface area (Å²) in [7, 11) is 0. The second-order valence-corrected chi connectivity index (χ2v) is 6.13. The molecule has 3 rings (SSSR count). The standard InChI is InChI=1S/C13H19BrN4O/c1-2-18-13(19)12(14)11(6-16-18)17-7-9-4-3-5-15-10(9)8-17/h6,9-10,15H,2-5,7-8H2,1H3/t9-,10+/m0/s1. The summed E-state index contributed by atoms with van der Waals surface area (Å²) in [6.45, 7) is 5.64. The van der Waals surface area contributed by atoms with Crippen molar-refractivity contribution in [1.82, 2.24) is 15.1 Å². The topological polar surface area (TPSA) is 50.2 Å². The predicted octanol–water partition coefficient (Wildman–Crippen LogP) is 1.21. The summed E-state index contributed by atoms with van der Waals surface area (Å²) in [6, 6.07) is 0.564. The molecule has 2 aliphatic rings. The van der Waals surface area contributed by atoms with Gasteiger partial charge in [-0.15, -0.1) is 0 Å². The van der Waals surface area contributed by atoms with Crippen molar-refractivity contribution in [3.05, 3.63) is 21.0 Å². The van der Waals surface area contributed by atoms with E-state index in [4.69, 9.17) is 0 Å². The summed E-state index contributed by atoms with van der Waals surface area (Å²) in [6.07, 6.45) is 4.35. The maximum absolute atomic E-state index is 12.1. The first-order valence-electron chi connectivity index (χ1n) is 6.94. The van der Waals surface area contributed by atoms with Gasteiger partial charge in [0.25, 0.3) is 5.56 Å². The van der Waals surface area contributed by atoms with Crippen molar-refractivity contribution in [1.29, 1.82) is 0 Å². The lowest BCUT2D eigenvalue weighted by Gasteiger charge is -2.24. The Balaban J connectivity index is 1.87. The summed E-state index contributed by atoms with van der Waals surface area (Å²) < 4.78 is 2.12. The van der Waals surface area contributed by atoms with E-state index in [9.17, 15) is 4.79 Å². The molecule has 0 saturated carbocycles. The van der Waals surface area contributed by atoms with Crippen LogP contribution in [0.1, 0.15) is 19.8 Å². The first-order chi connectivity index (χ1) is 9.20. The molecule has 0 spiro atoms. The summed E-state index contributed by atoms with van der Waals surface area (Å²) >= 11 is 3.45. The number of piperidine rings is 1. The third-order valence-electron chi connectivity index (χ3n) is 4.21. The van der Waals surface area contributed by atoms with Crippen molar-refractivity contribution >= 4 is 21.6 Å². The van der Waals surface area contributed by atoms with Crippen LogP contribution in [0, 0.1) is 5.92 Å². The van der Waals surface area contributed by atoms with Gasteiger partial charge in [-0.2, -0.15) is 5.10 Å². The van der Waals surface area contributed by atoms with Crippen molar-refractivity contribution in [2.75, 3.05) is 24.5 Å². The van der Waals surface area contributed by atoms with Crippen molar-refractivity contribution in [2.45, 2.75) is 32.4 Å². The second-order valence-electron chi connectivity index (χ2n) is 5.33. The highest BCUT2D eigenvalue weighted by atomic mass is 79.9. The maximum atomic E-state index is 12.1. The zero-order chi connectivity index (χ0) is 13.4. The summed E-state index contributed by atoms with van der Waals surface area (Å²) in [5.41, 5.74) is 0.897. The average Bonchev–Trinajstić information content (AvgIpc) is 2.85. The van der Waals surface area contributed by atoms with Crippen molar-refractivity contribution in [3.63, 3.8) is 0 Å². The Morgan fingerprint density at radius 1 is 1.53 bits per heavy atom. The maximum Gasteiger partial charge on any atom is 0.283 e. The zero-order valence-electron chi connectivity index (χ0n) is 11.1. The molecule has 0 aromatic carbocycles. The lowest BCUT2D eigenvalue weighted by atomic mass is 9.94. The van der Waals surface area contributed by atoms with E-state index in [2.05, 4.69) is 31.2 Å². The van der Waals surface area contributed by atoms with Crippen LogP contribution in [0.5, 0.6) is 0 Å². The largest absolute Gasteiger partial charge is 0.367 e. The minimum atomic E-state index is -0.0390. The number of fused-ring (bicyclic) bond motifs is 1. The molecule has 2 fully saturated rings. The van der Waals surface area contributed by atoms with Crippen molar-refractivity contribution in [3.8, 4) is 0 Å². The number of halogens is 1. The Morgan fingerprint density at radius 3 is 3.11 bits per heavy atom. The number of rotatable bonds is 2. The van der Waals surface area contributed by atoms with Gasteiger partial charge in [-0.1, -0.05) is 0 Å². The van der Waals surface area contributed by atoms with E-state index < -0.39 is 0 Å². The first-order valence-corrected chi connectivity index (χ1v) is 7.74. The van der Waals surface area contributed by atoms with Gasteiger partial charge in [0.15, 0.2) is 0 Å². The lowest BCUT2D eigenvalue weighted by molar-refractivity contribution is 0.340. The highest BCUT2D eigenvalue weighted by molar-refractivity contribution is 9.10. The molecule has 0 radical (unpaired) electrons. The molecule has 0 amide bonds. The van der Waals surface area contributed by atoms with Crippen LogP contribution in [-0.4, -0.2) is 35.5 Å². The van der Waals surface area contributed by atoms with E-state index in [0.717, 1.165) is 25.3 Å². The Hall–Kier alpha value is -0.880. The number of nitrogens with one attached hydrogen (secondary N) is 1. The molecule has 19 heavy (non-hydrogen) atoms. The number of aromatic nitrogens is 2. The van der Waals surface area contributed by atoms with Crippen LogP contribution in [0.3, 0.4) is 0 Å². The van der Waals surface area contributed by atoms with Gasteiger partial charge in [0.1, 0.15) is 4.47 Å². The van der Waals surface area contributed by atoms with Gasteiger partial charge in [-0.25, -0.2) is 4.68 Å². The molecule has 5 nitrogen and oxygen atoms in total. The number of hydrogen-bond donors (Lipinski definition) is 1. The van der Waals surface area contributed by atoms with E-state index >= 15 is 0 Å². The van der Waals surface area contributed by atoms with Crippen LogP contribution in [0.15, 0.2) is 15.5 Å². The molecule has 104 valence electrons. The molecule has 0 unspecified atom stereocenters. The van der Waals surface area contributed by atoms with Gasteiger partial charge in [0, 0.05) is 25.7 Å². The molecule has 0 bridgehead atoms. The second kappa shape index (κ2) is 5.25. The Morgan fingerprint density at radius 2 is 2.37 bits per heavy atom. The van der Waals surface area contributed by atoms with Crippen LogP contribution >= 0.6 is 15.9 Å². The average molecular weight is 327 g/mol. The Bertz CT molecular complexity index is 516. The van der Waals surface area contributed by atoms with Crippen LogP contribution in [0.4, 0.5) is 5.69 Å². The molecule has 3 heterocycles. The first kappa shape index (κ1) is 13.1. The Kier molecular flexibility index (Phi) is 3.62. The normalized spacial score (nSPS) is 26.5. The smallest absolute Gasteiger partial charge is 0.283 e. The minimum absolute atomic E-state index is 0.0390. The lowest BCUT2D eigenvalue weighted by Crippen LogP contribution is -2.40. The van der Waals surface area contributed by atoms with Gasteiger partial charge >= 0.3 is 0 Å². The molecule has 1 N–H and O–H groups in total. The fraction of sp³-hybridized carbons (Fsp3) is 0.692. The number of anilines is 1. The summed E-state index contributed by atoms with van der Waals surface area (Å²) in [5.74, 6) is 0.703. The van der Waals surface area contributed by atoms with E-state index in [1.165, 1.54) is 17.5 Å². The molecule has 2 saturated heterocycles. The molecule has 0 aliphatic carbocycles. The molecule has 1 aromatic rings. The summed E-state index contributed by atoms with van der Waals surface area (Å²) in [5, 5.41) is 7.81. The number of hydrogen-bond acceptors (Lipinski definition) is 4.